The third-order valence-corrected chi connectivity index (χ3v) is 5.01. The first-order chi connectivity index (χ1) is 15.6. The van der Waals surface area contributed by atoms with Gasteiger partial charge in [-0.05, 0) is 36.8 Å². The second-order valence-corrected chi connectivity index (χ2v) is 7.61. The van der Waals surface area contributed by atoms with E-state index in [0.717, 1.165) is 46.0 Å². The lowest BCUT2D eigenvalue weighted by molar-refractivity contribution is 0.572. The van der Waals surface area contributed by atoms with Crippen molar-refractivity contribution >= 4 is 22.7 Å². The average Bonchev–Trinajstić information content (AvgIpc) is 3.30. The lowest BCUT2D eigenvalue weighted by Gasteiger charge is -2.15. The van der Waals surface area contributed by atoms with E-state index in [1.165, 1.54) is 0 Å². The maximum absolute atomic E-state index is 5.63. The molecule has 164 valence electrons. The van der Waals surface area contributed by atoms with Crippen LogP contribution in [0.2, 0.25) is 0 Å². The predicted molar refractivity (Wildman–Crippen MR) is 130 cm³/mol. The molecule has 0 aliphatic carbocycles. The van der Waals surface area contributed by atoms with E-state index >= 15 is 0 Å². The number of anilines is 1. The van der Waals surface area contributed by atoms with Crippen molar-refractivity contribution in [2.24, 2.45) is 4.99 Å². The molecule has 0 amide bonds. The Morgan fingerprint density at radius 2 is 1.78 bits per heavy atom. The Hall–Kier alpha value is -3.87. The first-order valence-electron chi connectivity index (χ1n) is 10.7. The van der Waals surface area contributed by atoms with Gasteiger partial charge in [0.1, 0.15) is 12.1 Å². The maximum atomic E-state index is 5.63. The Morgan fingerprint density at radius 1 is 1.00 bits per heavy atom. The van der Waals surface area contributed by atoms with Gasteiger partial charge < -0.3 is 20.0 Å². The summed E-state index contributed by atoms with van der Waals surface area (Å²) in [6, 6.07) is 20.1. The number of aliphatic imine (C=N–C) groups is 1. The molecular weight excluding hydrogens is 400 g/mol. The number of guanidine groups is 1. The molecule has 0 unspecified atom stereocenters. The van der Waals surface area contributed by atoms with Crippen molar-refractivity contribution in [2.45, 2.75) is 20.0 Å². The SMILES string of the molecule is CCNC(=NCc1cc(N(C)C)nc2ccccc12)NCc1coc(-c2ccccc2)n1. The number of pyridine rings is 1. The summed E-state index contributed by atoms with van der Waals surface area (Å²) in [7, 11) is 3.99. The van der Waals surface area contributed by atoms with E-state index in [9.17, 15) is 0 Å². The molecule has 2 heterocycles. The fourth-order valence-corrected chi connectivity index (χ4v) is 3.37. The van der Waals surface area contributed by atoms with Crippen LogP contribution in [-0.2, 0) is 13.1 Å². The Bertz CT molecular complexity index is 1200. The van der Waals surface area contributed by atoms with Crippen LogP contribution in [0, 0.1) is 0 Å². The number of nitrogens with zero attached hydrogens (tertiary/aromatic N) is 4. The molecule has 7 heteroatoms. The van der Waals surface area contributed by atoms with Crippen LogP contribution in [0.5, 0.6) is 0 Å². The number of benzene rings is 2. The van der Waals surface area contributed by atoms with Gasteiger partial charge in [0.15, 0.2) is 5.96 Å². The van der Waals surface area contributed by atoms with Gasteiger partial charge in [0, 0.05) is 31.6 Å². The number of aromatic nitrogens is 2. The Morgan fingerprint density at radius 3 is 2.56 bits per heavy atom. The first-order valence-corrected chi connectivity index (χ1v) is 10.7. The largest absolute Gasteiger partial charge is 0.444 e. The molecule has 7 nitrogen and oxygen atoms in total. The predicted octanol–water partition coefficient (Wildman–Crippen LogP) is 4.21. The lowest BCUT2D eigenvalue weighted by Crippen LogP contribution is -2.36. The minimum atomic E-state index is 0.516. The van der Waals surface area contributed by atoms with E-state index in [1.807, 2.05) is 74.4 Å². The fourth-order valence-electron chi connectivity index (χ4n) is 3.37. The fraction of sp³-hybridized carbons (Fsp3) is 0.240. The molecular formula is C25H28N6O. The monoisotopic (exact) mass is 428 g/mol. The van der Waals surface area contributed by atoms with Crippen molar-refractivity contribution in [1.29, 1.82) is 0 Å². The van der Waals surface area contributed by atoms with E-state index in [2.05, 4.69) is 27.8 Å². The summed E-state index contributed by atoms with van der Waals surface area (Å²) in [5.74, 6) is 2.26. The van der Waals surface area contributed by atoms with Gasteiger partial charge in [-0.3, -0.25) is 0 Å². The molecule has 0 radical (unpaired) electrons. The number of nitrogens with one attached hydrogen (secondary N) is 2. The number of hydrogen-bond acceptors (Lipinski definition) is 5. The highest BCUT2D eigenvalue weighted by Crippen LogP contribution is 2.23. The van der Waals surface area contributed by atoms with Crippen molar-refractivity contribution in [3.8, 4) is 11.5 Å². The molecule has 4 aromatic rings. The smallest absolute Gasteiger partial charge is 0.226 e. The van der Waals surface area contributed by atoms with Crippen LogP contribution >= 0.6 is 0 Å². The van der Waals surface area contributed by atoms with Gasteiger partial charge in [-0.25, -0.2) is 15.0 Å². The summed E-state index contributed by atoms with van der Waals surface area (Å²) in [5, 5.41) is 7.76. The van der Waals surface area contributed by atoms with Crippen molar-refractivity contribution in [1.82, 2.24) is 20.6 Å². The second-order valence-electron chi connectivity index (χ2n) is 7.61. The van der Waals surface area contributed by atoms with Crippen LogP contribution in [0.15, 0.2) is 76.3 Å². The molecule has 0 bridgehead atoms. The van der Waals surface area contributed by atoms with E-state index in [0.29, 0.717) is 19.0 Å². The van der Waals surface area contributed by atoms with E-state index in [1.54, 1.807) is 6.26 Å². The minimum absolute atomic E-state index is 0.516. The quantitative estimate of drug-likeness (QED) is 0.339. The van der Waals surface area contributed by atoms with E-state index in [4.69, 9.17) is 14.4 Å². The third kappa shape index (κ3) is 5.06. The first kappa shape index (κ1) is 21.4. The third-order valence-electron chi connectivity index (χ3n) is 5.01. The number of hydrogen-bond donors (Lipinski definition) is 2. The summed E-state index contributed by atoms with van der Waals surface area (Å²) in [6.45, 7) is 3.86. The molecule has 0 aliphatic heterocycles. The Labute approximate surface area is 188 Å². The zero-order valence-electron chi connectivity index (χ0n) is 18.7. The van der Waals surface area contributed by atoms with Crippen LogP contribution < -0.4 is 15.5 Å². The summed E-state index contributed by atoms with van der Waals surface area (Å²) in [4.78, 5) is 16.1. The molecule has 0 atom stereocenters. The molecule has 2 N–H and O–H groups in total. The number of rotatable bonds is 7. The minimum Gasteiger partial charge on any atom is -0.444 e. The zero-order valence-corrected chi connectivity index (χ0v) is 18.7. The van der Waals surface area contributed by atoms with Crippen LogP contribution in [0.25, 0.3) is 22.4 Å². The molecule has 2 aromatic heterocycles. The average molecular weight is 429 g/mol. The van der Waals surface area contributed by atoms with Gasteiger partial charge in [-0.15, -0.1) is 0 Å². The number of para-hydroxylation sites is 1. The van der Waals surface area contributed by atoms with Gasteiger partial charge in [-0.1, -0.05) is 36.4 Å². The molecule has 4 rings (SSSR count). The van der Waals surface area contributed by atoms with Crippen LogP contribution in [0.4, 0.5) is 5.82 Å². The van der Waals surface area contributed by atoms with Gasteiger partial charge in [0.25, 0.3) is 0 Å². The van der Waals surface area contributed by atoms with Crippen LogP contribution in [0.3, 0.4) is 0 Å². The lowest BCUT2D eigenvalue weighted by atomic mass is 10.1. The summed E-state index contributed by atoms with van der Waals surface area (Å²) >= 11 is 0. The second kappa shape index (κ2) is 9.96. The highest BCUT2D eigenvalue weighted by Gasteiger charge is 2.09. The van der Waals surface area contributed by atoms with Gasteiger partial charge in [0.2, 0.25) is 5.89 Å². The summed E-state index contributed by atoms with van der Waals surface area (Å²) < 4.78 is 5.63. The van der Waals surface area contributed by atoms with E-state index < -0.39 is 0 Å². The standard InChI is InChI=1S/C25H28N6O/c1-4-26-25(28-16-20-17-32-24(29-20)18-10-6-5-7-11-18)27-15-19-14-23(31(2)3)30-22-13-9-8-12-21(19)22/h5-14,17H,4,15-16H2,1-3H3,(H2,26,27,28). The Balaban J connectivity index is 1.50. The summed E-state index contributed by atoms with van der Waals surface area (Å²) in [6.07, 6.45) is 1.68. The van der Waals surface area contributed by atoms with Crippen molar-refractivity contribution in [3.63, 3.8) is 0 Å². The summed E-state index contributed by atoms with van der Waals surface area (Å²) in [5.41, 5.74) is 3.88. The van der Waals surface area contributed by atoms with Crippen molar-refractivity contribution in [3.05, 3.63) is 78.2 Å². The van der Waals surface area contributed by atoms with Crippen molar-refractivity contribution < 1.29 is 4.42 Å². The molecule has 0 aliphatic rings. The molecule has 0 saturated heterocycles. The normalized spacial score (nSPS) is 11.5. The topological polar surface area (TPSA) is 78.6 Å². The van der Waals surface area contributed by atoms with Crippen LogP contribution in [0.1, 0.15) is 18.2 Å². The Kier molecular flexibility index (Phi) is 6.65. The molecule has 2 aromatic carbocycles. The van der Waals surface area contributed by atoms with Crippen LogP contribution in [-0.4, -0.2) is 36.6 Å². The number of oxazole rings is 1. The number of fused-ring (bicyclic) bond motifs is 1. The van der Waals surface area contributed by atoms with E-state index in [-0.39, 0.29) is 0 Å². The highest BCUT2D eigenvalue weighted by molar-refractivity contribution is 5.85. The maximum Gasteiger partial charge on any atom is 0.226 e. The highest BCUT2D eigenvalue weighted by atomic mass is 16.3. The molecule has 0 saturated carbocycles. The molecule has 0 fully saturated rings. The molecule has 32 heavy (non-hydrogen) atoms. The van der Waals surface area contributed by atoms with Gasteiger partial charge in [-0.2, -0.15) is 0 Å². The van der Waals surface area contributed by atoms with Gasteiger partial charge in [0.05, 0.1) is 24.3 Å². The molecule has 0 spiro atoms. The van der Waals surface area contributed by atoms with Gasteiger partial charge >= 0.3 is 0 Å². The zero-order chi connectivity index (χ0) is 22.3. The van der Waals surface area contributed by atoms with Crippen molar-refractivity contribution in [2.75, 3.05) is 25.5 Å².